The lowest BCUT2D eigenvalue weighted by Crippen LogP contribution is -2.28. The average molecular weight is 368 g/mol. The first-order valence-electron chi connectivity index (χ1n) is 8.43. The number of nitrogens with zero attached hydrogens (tertiary/aromatic N) is 3. The predicted molar refractivity (Wildman–Crippen MR) is 96.8 cm³/mol. The molecule has 1 aromatic carbocycles. The van der Waals surface area contributed by atoms with Crippen LogP contribution in [0.3, 0.4) is 0 Å². The number of hydrogen-bond acceptors (Lipinski definition) is 5. The van der Waals surface area contributed by atoms with E-state index in [1.807, 2.05) is 24.3 Å². The number of aromatic nitrogens is 2. The van der Waals surface area contributed by atoms with Gasteiger partial charge in [-0.05, 0) is 18.2 Å². The normalized spacial score (nSPS) is 12.2. The number of ether oxygens (including phenoxy) is 1. The second kappa shape index (κ2) is 8.03. The second-order valence-electron chi connectivity index (χ2n) is 6.11. The first kappa shape index (κ1) is 18.6. The van der Waals surface area contributed by atoms with E-state index < -0.39 is 5.91 Å². The van der Waals surface area contributed by atoms with Crippen molar-refractivity contribution < 1.29 is 19.4 Å². The summed E-state index contributed by atoms with van der Waals surface area (Å²) in [4.78, 5) is 24.9. The monoisotopic (exact) mass is 368 g/mol. The molecule has 2 heterocycles. The number of primary amides is 1. The van der Waals surface area contributed by atoms with Crippen molar-refractivity contribution in [1.29, 1.82) is 0 Å². The molecule has 2 aromatic rings. The Morgan fingerprint density at radius 3 is 2.96 bits per heavy atom. The molecule has 8 nitrogen and oxygen atoms in total. The van der Waals surface area contributed by atoms with Crippen molar-refractivity contribution in [2.24, 2.45) is 5.73 Å². The molecule has 0 saturated carbocycles. The van der Waals surface area contributed by atoms with Crippen molar-refractivity contribution in [2.45, 2.75) is 19.6 Å². The van der Waals surface area contributed by atoms with Gasteiger partial charge in [0, 0.05) is 24.7 Å². The Labute approximate surface area is 156 Å². The van der Waals surface area contributed by atoms with Crippen molar-refractivity contribution in [3.05, 3.63) is 46.8 Å². The van der Waals surface area contributed by atoms with Gasteiger partial charge in [0.15, 0.2) is 5.69 Å². The van der Waals surface area contributed by atoms with Gasteiger partial charge < -0.3 is 20.5 Å². The summed E-state index contributed by atoms with van der Waals surface area (Å²) in [5, 5.41) is 13.2. The molecule has 0 unspecified atom stereocenters. The highest BCUT2D eigenvalue weighted by molar-refractivity contribution is 5.92. The molecule has 0 radical (unpaired) electrons. The number of likely N-dealkylation sites (N-methyl/N-ethyl adjacent to an activating group) is 1. The summed E-state index contributed by atoms with van der Waals surface area (Å²) in [5.74, 6) is 5.06. The van der Waals surface area contributed by atoms with Crippen LogP contribution in [0.25, 0.3) is 5.69 Å². The largest absolute Gasteiger partial charge is 0.395 e. The Bertz CT molecular complexity index is 939. The average Bonchev–Trinajstić information content (AvgIpc) is 3.24. The maximum absolute atomic E-state index is 11.8. The lowest BCUT2D eigenvalue weighted by Gasteiger charge is -2.13. The molecule has 0 fully saturated rings. The minimum absolute atomic E-state index is 0.0670. The molecule has 1 aliphatic heterocycles. The van der Waals surface area contributed by atoms with Gasteiger partial charge in [0.25, 0.3) is 5.91 Å². The molecule has 27 heavy (non-hydrogen) atoms. The Kier molecular flexibility index (Phi) is 5.54. The topological polar surface area (TPSA) is 111 Å². The summed E-state index contributed by atoms with van der Waals surface area (Å²) < 4.78 is 7.06. The van der Waals surface area contributed by atoms with Crippen molar-refractivity contribution in [1.82, 2.24) is 14.7 Å². The number of hydrogen-bond donors (Lipinski definition) is 2. The van der Waals surface area contributed by atoms with Crippen molar-refractivity contribution in [3.8, 4) is 17.5 Å². The van der Waals surface area contributed by atoms with Crippen LogP contribution in [0, 0.1) is 11.8 Å². The zero-order chi connectivity index (χ0) is 19.4. The number of rotatable bonds is 5. The van der Waals surface area contributed by atoms with Crippen molar-refractivity contribution in [3.63, 3.8) is 0 Å². The van der Waals surface area contributed by atoms with E-state index in [1.54, 1.807) is 11.7 Å². The van der Waals surface area contributed by atoms with E-state index in [-0.39, 0.29) is 31.2 Å². The van der Waals surface area contributed by atoms with Crippen LogP contribution >= 0.6 is 0 Å². The van der Waals surface area contributed by atoms with Gasteiger partial charge in [-0.1, -0.05) is 17.9 Å². The quantitative estimate of drug-likeness (QED) is 0.732. The van der Waals surface area contributed by atoms with Gasteiger partial charge in [-0.25, -0.2) is 4.68 Å². The zero-order valence-electron chi connectivity index (χ0n) is 14.9. The SMILES string of the molecule is CN(CCO)C(=O)CC#Cc1cccc(-n2nc(C(N)=O)c3c2COC3)c1. The fourth-order valence-electron chi connectivity index (χ4n) is 2.79. The Hall–Kier alpha value is -3.15. The van der Waals surface area contributed by atoms with Gasteiger partial charge in [-0.15, -0.1) is 0 Å². The first-order valence-corrected chi connectivity index (χ1v) is 8.43. The van der Waals surface area contributed by atoms with E-state index in [9.17, 15) is 9.59 Å². The molecule has 1 aromatic heterocycles. The van der Waals surface area contributed by atoms with Crippen LogP contribution in [0.4, 0.5) is 0 Å². The lowest BCUT2D eigenvalue weighted by molar-refractivity contribution is -0.129. The van der Waals surface area contributed by atoms with Crippen LogP contribution in [0.5, 0.6) is 0 Å². The van der Waals surface area contributed by atoms with Gasteiger partial charge in [-0.3, -0.25) is 9.59 Å². The molecule has 140 valence electrons. The van der Waals surface area contributed by atoms with E-state index >= 15 is 0 Å². The molecule has 2 amide bonds. The minimum atomic E-state index is -0.586. The summed E-state index contributed by atoms with van der Waals surface area (Å²) in [6, 6.07) is 7.33. The summed E-state index contributed by atoms with van der Waals surface area (Å²) in [5.41, 5.74) is 8.59. The van der Waals surface area contributed by atoms with E-state index in [0.29, 0.717) is 18.8 Å². The molecule has 8 heteroatoms. The molecule has 0 bridgehead atoms. The van der Waals surface area contributed by atoms with E-state index in [4.69, 9.17) is 15.6 Å². The molecule has 1 aliphatic rings. The van der Waals surface area contributed by atoms with E-state index in [2.05, 4.69) is 16.9 Å². The van der Waals surface area contributed by atoms with Gasteiger partial charge in [0.2, 0.25) is 5.91 Å². The number of benzene rings is 1. The fourth-order valence-corrected chi connectivity index (χ4v) is 2.79. The van der Waals surface area contributed by atoms with E-state index in [1.165, 1.54) is 4.90 Å². The predicted octanol–water partition coefficient (Wildman–Crippen LogP) is 0.194. The van der Waals surface area contributed by atoms with Gasteiger partial charge in [0.1, 0.15) is 0 Å². The molecular formula is C19H20N4O4. The maximum atomic E-state index is 11.8. The molecule has 0 saturated heterocycles. The smallest absolute Gasteiger partial charge is 0.269 e. The zero-order valence-corrected chi connectivity index (χ0v) is 14.9. The number of aliphatic hydroxyl groups excluding tert-OH is 1. The van der Waals surface area contributed by atoms with Crippen LogP contribution in [0.2, 0.25) is 0 Å². The van der Waals surface area contributed by atoms with Crippen LogP contribution < -0.4 is 5.73 Å². The van der Waals surface area contributed by atoms with Crippen molar-refractivity contribution >= 4 is 11.8 Å². The Balaban J connectivity index is 1.82. The fraction of sp³-hybridized carbons (Fsp3) is 0.316. The van der Waals surface area contributed by atoms with Crippen molar-refractivity contribution in [2.75, 3.05) is 20.2 Å². The lowest BCUT2D eigenvalue weighted by atomic mass is 10.2. The highest BCUT2D eigenvalue weighted by Crippen LogP contribution is 2.26. The van der Waals surface area contributed by atoms with Crippen LogP contribution in [0.1, 0.15) is 33.7 Å². The number of nitrogens with two attached hydrogens (primary N) is 1. The Morgan fingerprint density at radius 1 is 1.41 bits per heavy atom. The summed E-state index contributed by atoms with van der Waals surface area (Å²) >= 11 is 0. The number of carbonyl (C=O) groups excluding carboxylic acids is 2. The molecule has 3 rings (SSSR count). The maximum Gasteiger partial charge on any atom is 0.269 e. The summed E-state index contributed by atoms with van der Waals surface area (Å²) in [6.45, 7) is 0.876. The standard InChI is InChI=1S/C19H20N4O4/c1-22(8-9-24)17(25)7-3-5-13-4-2-6-14(10-13)23-16-12-27-11-15(16)18(21-23)19(20)26/h2,4,6,10,24H,7-9,11-12H2,1H3,(H2,20,26). The molecule has 0 atom stereocenters. The van der Waals surface area contributed by atoms with E-state index in [0.717, 1.165) is 16.9 Å². The summed E-state index contributed by atoms with van der Waals surface area (Å²) in [6.07, 6.45) is 0.0670. The third-order valence-corrected chi connectivity index (χ3v) is 4.23. The number of carbonyl (C=O) groups is 2. The molecular weight excluding hydrogens is 348 g/mol. The first-order chi connectivity index (χ1) is 13.0. The molecule has 0 aliphatic carbocycles. The van der Waals surface area contributed by atoms with Crippen LogP contribution in [-0.4, -0.2) is 51.8 Å². The second-order valence-corrected chi connectivity index (χ2v) is 6.11. The van der Waals surface area contributed by atoms with Gasteiger partial charge in [0.05, 0.1) is 37.6 Å². The minimum Gasteiger partial charge on any atom is -0.395 e. The van der Waals surface area contributed by atoms with Crippen LogP contribution in [-0.2, 0) is 22.7 Å². The van der Waals surface area contributed by atoms with Gasteiger partial charge >= 0.3 is 0 Å². The molecule has 0 spiro atoms. The van der Waals surface area contributed by atoms with Gasteiger partial charge in [-0.2, -0.15) is 5.10 Å². The number of fused-ring (bicyclic) bond motifs is 1. The summed E-state index contributed by atoms with van der Waals surface area (Å²) in [7, 11) is 1.62. The Morgan fingerprint density at radius 2 is 2.22 bits per heavy atom. The molecule has 3 N–H and O–H groups in total. The highest BCUT2D eigenvalue weighted by Gasteiger charge is 2.26. The third kappa shape index (κ3) is 4.00. The number of amides is 2. The van der Waals surface area contributed by atoms with Crippen LogP contribution in [0.15, 0.2) is 24.3 Å². The third-order valence-electron chi connectivity index (χ3n) is 4.23. The number of aliphatic hydroxyl groups is 1. The highest BCUT2D eigenvalue weighted by atomic mass is 16.5.